The molecule has 0 heterocycles. The second kappa shape index (κ2) is 4.97. The minimum absolute atomic E-state index is 0.106. The van der Waals surface area contributed by atoms with Gasteiger partial charge in [0.05, 0.1) is 0 Å². The third kappa shape index (κ3) is 2.65. The normalized spacial score (nSPS) is 18.3. The van der Waals surface area contributed by atoms with Crippen LogP contribution in [0.1, 0.15) is 31.2 Å². The Hall–Kier alpha value is -0.570. The molecule has 0 atom stereocenters. The van der Waals surface area contributed by atoms with Crippen LogP contribution in [0.3, 0.4) is 0 Å². The summed E-state index contributed by atoms with van der Waals surface area (Å²) >= 11 is 12.0. The van der Waals surface area contributed by atoms with E-state index in [1.165, 1.54) is 0 Å². The van der Waals surface area contributed by atoms with Gasteiger partial charge in [0.1, 0.15) is 5.60 Å². The van der Waals surface area contributed by atoms with Gasteiger partial charge in [-0.3, -0.25) is 4.79 Å². The van der Waals surface area contributed by atoms with Crippen LogP contribution in [0.15, 0.2) is 18.2 Å². The topological polar surface area (TPSA) is 37.3 Å². The summed E-state index contributed by atoms with van der Waals surface area (Å²) in [5.41, 5.74) is -0.552. The first kappa shape index (κ1) is 12.9. The molecule has 2 rings (SSSR count). The number of benzene rings is 1. The Balaban J connectivity index is 2.18. The molecule has 4 heteroatoms. The van der Waals surface area contributed by atoms with Gasteiger partial charge in [-0.25, -0.2) is 0 Å². The lowest BCUT2D eigenvalue weighted by atomic mass is 9.92. The van der Waals surface area contributed by atoms with Crippen LogP contribution in [0, 0.1) is 0 Å². The van der Waals surface area contributed by atoms with E-state index in [1.807, 2.05) is 0 Å². The predicted octanol–water partition coefficient (Wildman–Crippen LogP) is 3.41. The van der Waals surface area contributed by atoms with Crippen molar-refractivity contribution >= 4 is 29.0 Å². The third-order valence-corrected chi connectivity index (χ3v) is 4.06. The molecule has 92 valence electrons. The van der Waals surface area contributed by atoms with E-state index in [0.717, 1.165) is 12.8 Å². The van der Waals surface area contributed by atoms with Gasteiger partial charge in [0, 0.05) is 16.5 Å². The van der Waals surface area contributed by atoms with E-state index in [-0.39, 0.29) is 12.2 Å². The van der Waals surface area contributed by atoms with E-state index < -0.39 is 5.60 Å². The van der Waals surface area contributed by atoms with Crippen molar-refractivity contribution in [3.8, 4) is 0 Å². The van der Waals surface area contributed by atoms with Gasteiger partial charge in [-0.1, -0.05) is 29.3 Å². The summed E-state index contributed by atoms with van der Waals surface area (Å²) in [7, 11) is 0. The Bertz CT molecular complexity index is 417. The number of hydrogen-bond acceptors (Lipinski definition) is 2. The van der Waals surface area contributed by atoms with Crippen LogP contribution >= 0.6 is 23.2 Å². The minimum Gasteiger partial charge on any atom is -0.382 e. The van der Waals surface area contributed by atoms with Crippen LogP contribution in [0.25, 0.3) is 0 Å². The molecule has 0 bridgehead atoms. The van der Waals surface area contributed by atoms with Crippen molar-refractivity contribution < 1.29 is 9.90 Å². The van der Waals surface area contributed by atoms with Crippen molar-refractivity contribution in [3.05, 3.63) is 33.8 Å². The largest absolute Gasteiger partial charge is 0.382 e. The lowest BCUT2D eigenvalue weighted by Gasteiger charge is -2.20. The molecule has 1 aromatic carbocycles. The van der Waals surface area contributed by atoms with E-state index in [0.29, 0.717) is 28.5 Å². The Morgan fingerprint density at radius 3 is 2.29 bits per heavy atom. The summed E-state index contributed by atoms with van der Waals surface area (Å²) in [6.07, 6.45) is 3.01. The fourth-order valence-electron chi connectivity index (χ4n) is 2.27. The van der Waals surface area contributed by atoms with Gasteiger partial charge in [-0.15, -0.1) is 0 Å². The lowest BCUT2D eigenvalue weighted by molar-refractivity contribution is -0.136. The number of hydrogen-bond donors (Lipinski definition) is 1. The number of Topliss-reactive ketones (excluding diaryl/α,β-unsaturated/α-hetero) is 1. The van der Waals surface area contributed by atoms with Gasteiger partial charge >= 0.3 is 0 Å². The van der Waals surface area contributed by atoms with Gasteiger partial charge < -0.3 is 5.11 Å². The van der Waals surface area contributed by atoms with Crippen molar-refractivity contribution in [2.45, 2.75) is 37.7 Å². The maximum absolute atomic E-state index is 12.1. The van der Waals surface area contributed by atoms with Crippen LogP contribution in [0.2, 0.25) is 10.0 Å². The molecule has 1 aliphatic rings. The van der Waals surface area contributed by atoms with E-state index in [4.69, 9.17) is 23.2 Å². The molecule has 1 fully saturated rings. The molecule has 0 aromatic heterocycles. The second-order valence-corrected chi connectivity index (χ2v) is 5.35. The van der Waals surface area contributed by atoms with Crippen LogP contribution in [0.5, 0.6) is 0 Å². The number of ketones is 1. The highest BCUT2D eigenvalue weighted by Crippen LogP contribution is 2.33. The van der Waals surface area contributed by atoms with Crippen molar-refractivity contribution in [1.82, 2.24) is 0 Å². The molecule has 0 unspecified atom stereocenters. The zero-order chi connectivity index (χ0) is 12.5. The number of rotatable bonds is 3. The minimum atomic E-state index is -1.16. The number of carbonyl (C=O) groups excluding carboxylic acids is 1. The molecule has 2 nitrogen and oxygen atoms in total. The zero-order valence-electron chi connectivity index (χ0n) is 9.38. The molecule has 0 saturated heterocycles. The van der Waals surface area contributed by atoms with Crippen LogP contribution < -0.4 is 0 Å². The van der Waals surface area contributed by atoms with E-state index in [1.54, 1.807) is 18.2 Å². The van der Waals surface area contributed by atoms with E-state index in [2.05, 4.69) is 0 Å². The Labute approximate surface area is 111 Å². The zero-order valence-corrected chi connectivity index (χ0v) is 10.9. The number of halogens is 2. The second-order valence-electron chi connectivity index (χ2n) is 4.54. The smallest absolute Gasteiger partial charge is 0.168 e. The molecule has 1 aromatic rings. The molecule has 0 aliphatic heterocycles. The fourth-order valence-corrected chi connectivity index (χ4v) is 2.80. The first-order valence-corrected chi connectivity index (χ1v) is 6.47. The number of carbonyl (C=O) groups is 1. The van der Waals surface area contributed by atoms with Gasteiger partial charge in [0.25, 0.3) is 0 Å². The van der Waals surface area contributed by atoms with Crippen molar-refractivity contribution in [1.29, 1.82) is 0 Å². The average molecular weight is 273 g/mol. The van der Waals surface area contributed by atoms with Gasteiger partial charge in [-0.05, 0) is 43.4 Å². The van der Waals surface area contributed by atoms with Crippen molar-refractivity contribution in [3.63, 3.8) is 0 Å². The average Bonchev–Trinajstić information content (AvgIpc) is 2.72. The summed E-state index contributed by atoms with van der Waals surface area (Å²) in [6, 6.07) is 5.15. The monoisotopic (exact) mass is 272 g/mol. The van der Waals surface area contributed by atoms with Gasteiger partial charge in [0.2, 0.25) is 0 Å². The Kier molecular flexibility index (Phi) is 3.76. The Morgan fingerprint density at radius 1 is 1.24 bits per heavy atom. The lowest BCUT2D eigenvalue weighted by Crippen LogP contribution is -2.36. The first-order valence-electron chi connectivity index (χ1n) is 5.71. The maximum Gasteiger partial charge on any atom is 0.168 e. The molecule has 1 aliphatic carbocycles. The SMILES string of the molecule is O=C(Cc1c(Cl)cccc1Cl)C1(O)CCCC1. The first-order chi connectivity index (χ1) is 8.03. The fraction of sp³-hybridized carbons (Fsp3) is 0.462. The molecule has 0 amide bonds. The van der Waals surface area contributed by atoms with Crippen LogP contribution in [-0.4, -0.2) is 16.5 Å². The highest BCUT2D eigenvalue weighted by molar-refractivity contribution is 6.36. The van der Waals surface area contributed by atoms with E-state index in [9.17, 15) is 9.90 Å². The number of aliphatic hydroxyl groups is 1. The molecular formula is C13H14Cl2O2. The Morgan fingerprint density at radius 2 is 1.76 bits per heavy atom. The predicted molar refractivity (Wildman–Crippen MR) is 68.6 cm³/mol. The molecule has 0 spiro atoms. The highest BCUT2D eigenvalue weighted by Gasteiger charge is 2.38. The molecular weight excluding hydrogens is 259 g/mol. The van der Waals surface area contributed by atoms with Crippen LogP contribution in [-0.2, 0) is 11.2 Å². The van der Waals surface area contributed by atoms with Gasteiger partial charge in [0.15, 0.2) is 5.78 Å². The summed E-state index contributed by atoms with van der Waals surface area (Å²) in [5, 5.41) is 11.1. The maximum atomic E-state index is 12.1. The highest BCUT2D eigenvalue weighted by atomic mass is 35.5. The van der Waals surface area contributed by atoms with Crippen molar-refractivity contribution in [2.24, 2.45) is 0 Å². The summed E-state index contributed by atoms with van der Waals surface area (Å²) < 4.78 is 0. The molecule has 1 saturated carbocycles. The van der Waals surface area contributed by atoms with Crippen molar-refractivity contribution in [2.75, 3.05) is 0 Å². The summed E-state index contributed by atoms with van der Waals surface area (Å²) in [4.78, 5) is 12.1. The summed E-state index contributed by atoms with van der Waals surface area (Å²) in [5.74, 6) is -0.176. The van der Waals surface area contributed by atoms with Gasteiger partial charge in [-0.2, -0.15) is 0 Å². The third-order valence-electron chi connectivity index (χ3n) is 3.35. The quantitative estimate of drug-likeness (QED) is 0.916. The molecule has 17 heavy (non-hydrogen) atoms. The van der Waals surface area contributed by atoms with Crippen LogP contribution in [0.4, 0.5) is 0 Å². The standard InChI is InChI=1S/C13H14Cl2O2/c14-10-4-3-5-11(15)9(10)8-12(16)13(17)6-1-2-7-13/h3-5,17H,1-2,6-8H2. The van der Waals surface area contributed by atoms with E-state index >= 15 is 0 Å². The molecule has 1 N–H and O–H groups in total. The molecule has 0 radical (unpaired) electrons. The summed E-state index contributed by atoms with van der Waals surface area (Å²) in [6.45, 7) is 0.